The first-order valence-corrected chi connectivity index (χ1v) is 6.45. The molecule has 2 nitrogen and oxygen atoms in total. The largest absolute Gasteiger partial charge is 0.266 e. The minimum Gasteiger partial charge on any atom is -0.266 e. The van der Waals surface area contributed by atoms with Gasteiger partial charge in [0.1, 0.15) is 0 Å². The van der Waals surface area contributed by atoms with E-state index < -0.39 is 0 Å². The van der Waals surface area contributed by atoms with E-state index in [1.165, 1.54) is 11.4 Å². The van der Waals surface area contributed by atoms with Gasteiger partial charge in [-0.3, -0.25) is 4.68 Å². The number of nitrogens with zero attached hydrogens (tertiary/aromatic N) is 2. The highest BCUT2D eigenvalue weighted by Gasteiger charge is 2.21. The molecule has 0 aliphatic heterocycles. The second kappa shape index (κ2) is 6.07. The zero-order chi connectivity index (χ0) is 12.9. The predicted octanol–water partition coefficient (Wildman–Crippen LogP) is 4.35. The summed E-state index contributed by atoms with van der Waals surface area (Å²) in [6.45, 7) is 17.2. The first-order valence-electron chi connectivity index (χ1n) is 6.45. The Morgan fingerprint density at radius 2 is 1.75 bits per heavy atom. The third-order valence-electron chi connectivity index (χ3n) is 2.41. The molecular formula is C14H28N2. The fraction of sp³-hybridized carbons (Fsp3) is 0.786. The monoisotopic (exact) mass is 224 g/mol. The summed E-state index contributed by atoms with van der Waals surface area (Å²) in [4.78, 5) is 0. The number of aromatic nitrogens is 2. The van der Waals surface area contributed by atoms with E-state index in [0.717, 1.165) is 6.42 Å². The summed E-state index contributed by atoms with van der Waals surface area (Å²) in [7, 11) is 0. The van der Waals surface area contributed by atoms with E-state index in [9.17, 15) is 0 Å². The lowest BCUT2D eigenvalue weighted by Crippen LogP contribution is -2.19. The Hall–Kier alpha value is -0.790. The highest BCUT2D eigenvalue weighted by atomic mass is 15.3. The molecule has 0 saturated heterocycles. The van der Waals surface area contributed by atoms with Crippen molar-refractivity contribution in [2.45, 2.75) is 73.3 Å². The second-order valence-electron chi connectivity index (χ2n) is 5.16. The Balaban J connectivity index is 0.00000106. The summed E-state index contributed by atoms with van der Waals surface area (Å²) >= 11 is 0. The molecule has 0 spiro atoms. The zero-order valence-corrected chi connectivity index (χ0v) is 12.3. The molecule has 94 valence electrons. The van der Waals surface area contributed by atoms with Crippen LogP contribution in [0, 0.1) is 0 Å². The zero-order valence-electron chi connectivity index (χ0n) is 12.3. The highest BCUT2D eigenvalue weighted by molar-refractivity contribution is 5.18. The van der Waals surface area contributed by atoms with Gasteiger partial charge < -0.3 is 0 Å². The van der Waals surface area contributed by atoms with Crippen LogP contribution in [0.25, 0.3) is 0 Å². The van der Waals surface area contributed by atoms with E-state index in [1.807, 2.05) is 13.8 Å². The minimum atomic E-state index is 0.185. The summed E-state index contributed by atoms with van der Waals surface area (Å²) in [6, 6.07) is 2.68. The van der Waals surface area contributed by atoms with Gasteiger partial charge >= 0.3 is 0 Å². The van der Waals surface area contributed by atoms with Crippen LogP contribution in [-0.2, 0) is 11.8 Å². The molecule has 0 atom stereocenters. The number of hydrogen-bond acceptors (Lipinski definition) is 1. The Morgan fingerprint density at radius 3 is 2.00 bits per heavy atom. The van der Waals surface area contributed by atoms with Gasteiger partial charge in [-0.1, -0.05) is 41.5 Å². The van der Waals surface area contributed by atoms with Crippen LogP contribution >= 0.6 is 0 Å². The number of aryl methyl sites for hydroxylation is 1. The van der Waals surface area contributed by atoms with Gasteiger partial charge in [0.25, 0.3) is 0 Å². The molecule has 0 radical (unpaired) electrons. The predicted molar refractivity (Wildman–Crippen MR) is 72.0 cm³/mol. The minimum absolute atomic E-state index is 0.185. The lowest BCUT2D eigenvalue weighted by atomic mass is 9.91. The third kappa shape index (κ3) is 3.66. The first-order chi connectivity index (χ1) is 7.36. The van der Waals surface area contributed by atoms with Gasteiger partial charge in [0.15, 0.2) is 0 Å². The molecule has 2 heteroatoms. The van der Waals surface area contributed by atoms with Crippen molar-refractivity contribution in [3.63, 3.8) is 0 Å². The molecule has 1 aromatic heterocycles. The quantitative estimate of drug-likeness (QED) is 0.730. The van der Waals surface area contributed by atoms with Crippen LogP contribution in [0.1, 0.15) is 72.8 Å². The Morgan fingerprint density at radius 1 is 1.25 bits per heavy atom. The topological polar surface area (TPSA) is 17.8 Å². The molecule has 1 heterocycles. The summed E-state index contributed by atoms with van der Waals surface area (Å²) in [6.07, 6.45) is 1.02. The summed E-state index contributed by atoms with van der Waals surface area (Å²) < 4.78 is 2.15. The van der Waals surface area contributed by atoms with Gasteiger partial charge in [-0.15, -0.1) is 0 Å². The molecule has 0 saturated carbocycles. The van der Waals surface area contributed by atoms with E-state index >= 15 is 0 Å². The highest BCUT2D eigenvalue weighted by Crippen LogP contribution is 2.25. The molecule has 0 N–H and O–H groups in total. The summed E-state index contributed by atoms with van der Waals surface area (Å²) in [5.74, 6) is 0. The normalized spacial score (nSPS) is 11.3. The molecule has 0 aliphatic rings. The molecule has 0 unspecified atom stereocenters. The summed E-state index contributed by atoms with van der Waals surface area (Å²) in [5.41, 5.74) is 2.72. The lowest BCUT2D eigenvalue weighted by molar-refractivity contribution is 0.444. The van der Waals surface area contributed by atoms with Gasteiger partial charge in [-0.05, 0) is 26.3 Å². The fourth-order valence-electron chi connectivity index (χ4n) is 1.57. The summed E-state index contributed by atoms with van der Waals surface area (Å²) in [5, 5.41) is 4.61. The molecule has 1 rings (SSSR count). The maximum absolute atomic E-state index is 4.61. The smallest absolute Gasteiger partial charge is 0.0625 e. The van der Waals surface area contributed by atoms with Crippen LogP contribution in [0.15, 0.2) is 6.07 Å². The van der Waals surface area contributed by atoms with Crippen molar-refractivity contribution in [1.82, 2.24) is 9.78 Å². The number of rotatable bonds is 2. The van der Waals surface area contributed by atoms with Crippen molar-refractivity contribution < 1.29 is 0 Å². The van der Waals surface area contributed by atoms with Gasteiger partial charge in [0.05, 0.1) is 5.69 Å². The molecule has 1 aromatic rings. The van der Waals surface area contributed by atoms with E-state index in [1.54, 1.807) is 0 Å². The maximum Gasteiger partial charge on any atom is 0.0625 e. The Bertz CT molecular complexity index is 303. The van der Waals surface area contributed by atoms with Gasteiger partial charge in [-0.2, -0.15) is 5.10 Å². The second-order valence-corrected chi connectivity index (χ2v) is 5.16. The molecule has 0 aliphatic carbocycles. The van der Waals surface area contributed by atoms with Crippen LogP contribution in [0.3, 0.4) is 0 Å². The van der Waals surface area contributed by atoms with Crippen LogP contribution in [-0.4, -0.2) is 9.78 Å². The van der Waals surface area contributed by atoms with Crippen molar-refractivity contribution >= 4 is 0 Å². The Labute approximate surface area is 101 Å². The van der Waals surface area contributed by atoms with Crippen molar-refractivity contribution in [3.8, 4) is 0 Å². The fourth-order valence-corrected chi connectivity index (χ4v) is 1.57. The molecule has 0 fully saturated rings. The van der Waals surface area contributed by atoms with Crippen molar-refractivity contribution in [2.75, 3.05) is 0 Å². The van der Waals surface area contributed by atoms with Crippen molar-refractivity contribution in [3.05, 3.63) is 17.5 Å². The van der Waals surface area contributed by atoms with Gasteiger partial charge in [-0.25, -0.2) is 0 Å². The van der Waals surface area contributed by atoms with E-state index in [0.29, 0.717) is 6.04 Å². The van der Waals surface area contributed by atoms with Crippen molar-refractivity contribution in [1.29, 1.82) is 0 Å². The SMILES string of the molecule is CC.CCc1cc(C(C)(C)C)n(C(C)C)n1. The molecule has 0 amide bonds. The van der Waals surface area contributed by atoms with Gasteiger partial charge in [0, 0.05) is 17.2 Å². The third-order valence-corrected chi connectivity index (χ3v) is 2.41. The van der Waals surface area contributed by atoms with Crippen LogP contribution in [0.2, 0.25) is 0 Å². The van der Waals surface area contributed by atoms with Gasteiger partial charge in [0.2, 0.25) is 0 Å². The van der Waals surface area contributed by atoms with Crippen molar-refractivity contribution in [2.24, 2.45) is 0 Å². The molecule has 16 heavy (non-hydrogen) atoms. The average Bonchev–Trinajstić information content (AvgIpc) is 2.64. The number of hydrogen-bond donors (Lipinski definition) is 0. The van der Waals surface area contributed by atoms with Crippen LogP contribution in [0.5, 0.6) is 0 Å². The lowest BCUT2D eigenvalue weighted by Gasteiger charge is -2.22. The Kier molecular flexibility index (Phi) is 5.77. The van der Waals surface area contributed by atoms with Crippen LogP contribution < -0.4 is 0 Å². The van der Waals surface area contributed by atoms with E-state index in [4.69, 9.17) is 0 Å². The molecule has 0 bridgehead atoms. The maximum atomic E-state index is 4.61. The van der Waals surface area contributed by atoms with E-state index in [-0.39, 0.29) is 5.41 Å². The van der Waals surface area contributed by atoms with Crippen LogP contribution in [0.4, 0.5) is 0 Å². The molecular weight excluding hydrogens is 196 g/mol. The average molecular weight is 224 g/mol. The van der Waals surface area contributed by atoms with E-state index in [2.05, 4.69) is 57.4 Å². The molecule has 0 aromatic carbocycles. The standard InChI is InChI=1S/C12H22N2.C2H6/c1-7-10-8-11(12(4,5)6)14(13-10)9(2)3;1-2/h8-9H,7H2,1-6H3;1-2H3. The first kappa shape index (κ1) is 15.2.